The highest BCUT2D eigenvalue weighted by Gasteiger charge is 2.30. The molecule has 1 aliphatic carbocycles. The number of nitrogens with two attached hydrogens (primary N) is 1. The summed E-state index contributed by atoms with van der Waals surface area (Å²) in [6, 6.07) is 0.730. The molecule has 0 aromatic heterocycles. The van der Waals surface area contributed by atoms with Crippen molar-refractivity contribution in [1.29, 1.82) is 0 Å². The summed E-state index contributed by atoms with van der Waals surface area (Å²) in [5.41, 5.74) is 5.95. The van der Waals surface area contributed by atoms with Crippen LogP contribution < -0.4 is 5.73 Å². The molecule has 1 saturated carbocycles. The van der Waals surface area contributed by atoms with E-state index in [1.54, 1.807) is 0 Å². The molecule has 0 bridgehead atoms. The van der Waals surface area contributed by atoms with E-state index in [2.05, 4.69) is 4.90 Å². The number of likely N-dealkylation sites (tertiary alicyclic amines) is 1. The number of piperidine rings is 1. The molecule has 0 aromatic carbocycles. The highest BCUT2D eigenvalue weighted by molar-refractivity contribution is 4.87. The minimum absolute atomic E-state index is 0.103. The molecule has 0 aromatic rings. The second kappa shape index (κ2) is 4.60. The van der Waals surface area contributed by atoms with Crippen molar-refractivity contribution in [2.24, 2.45) is 5.73 Å². The van der Waals surface area contributed by atoms with Gasteiger partial charge in [-0.15, -0.1) is 0 Å². The van der Waals surface area contributed by atoms with E-state index in [1.165, 1.54) is 19.3 Å². The van der Waals surface area contributed by atoms with E-state index in [-0.39, 0.29) is 6.10 Å². The minimum Gasteiger partial charge on any atom is -0.391 e. The third-order valence-corrected chi connectivity index (χ3v) is 3.65. The molecular weight excluding hydrogens is 176 g/mol. The summed E-state index contributed by atoms with van der Waals surface area (Å²) >= 11 is 0. The number of rotatable bonds is 1. The molecule has 1 heterocycles. The molecule has 2 rings (SSSR count). The summed E-state index contributed by atoms with van der Waals surface area (Å²) in [6.45, 7) is 2.12. The van der Waals surface area contributed by atoms with E-state index >= 15 is 0 Å². The molecule has 1 saturated heterocycles. The van der Waals surface area contributed by atoms with Gasteiger partial charge in [0.15, 0.2) is 0 Å². The quantitative estimate of drug-likeness (QED) is 0.652. The molecule has 3 nitrogen and oxygen atoms in total. The van der Waals surface area contributed by atoms with E-state index in [0.29, 0.717) is 12.1 Å². The molecule has 3 atom stereocenters. The average Bonchev–Trinajstić information content (AvgIpc) is 2.18. The van der Waals surface area contributed by atoms with E-state index in [1.807, 2.05) is 0 Å². The number of hydrogen-bond acceptors (Lipinski definition) is 3. The van der Waals surface area contributed by atoms with Crippen LogP contribution in [0, 0.1) is 0 Å². The Labute approximate surface area is 86.3 Å². The molecule has 3 N–H and O–H groups in total. The van der Waals surface area contributed by atoms with Gasteiger partial charge in [-0.3, -0.25) is 4.90 Å². The number of nitrogens with zero attached hydrogens (tertiary/aromatic N) is 1. The van der Waals surface area contributed by atoms with Gasteiger partial charge in [0, 0.05) is 18.6 Å². The summed E-state index contributed by atoms with van der Waals surface area (Å²) in [4.78, 5) is 2.41. The second-order valence-corrected chi connectivity index (χ2v) is 4.82. The summed E-state index contributed by atoms with van der Waals surface area (Å²) in [6.07, 6.45) is 6.85. The third-order valence-electron chi connectivity index (χ3n) is 3.65. The Hall–Kier alpha value is -0.120. The van der Waals surface area contributed by atoms with E-state index in [9.17, 15) is 5.11 Å². The molecule has 0 spiro atoms. The van der Waals surface area contributed by atoms with Crippen LogP contribution in [0.25, 0.3) is 0 Å². The van der Waals surface area contributed by atoms with Crippen LogP contribution in [-0.2, 0) is 0 Å². The Balaban J connectivity index is 1.91. The lowest BCUT2D eigenvalue weighted by atomic mass is 9.90. The van der Waals surface area contributed by atoms with Crippen molar-refractivity contribution in [2.75, 3.05) is 13.1 Å². The molecule has 2 aliphatic rings. The van der Waals surface area contributed by atoms with Gasteiger partial charge in [0.25, 0.3) is 0 Å². The number of aliphatic hydroxyl groups is 1. The Morgan fingerprint density at radius 2 is 1.86 bits per heavy atom. The van der Waals surface area contributed by atoms with E-state index in [0.717, 1.165) is 32.4 Å². The van der Waals surface area contributed by atoms with Gasteiger partial charge in [-0.05, 0) is 32.2 Å². The molecular formula is C11H22N2O. The molecule has 3 unspecified atom stereocenters. The molecule has 14 heavy (non-hydrogen) atoms. The lowest BCUT2D eigenvalue weighted by Gasteiger charge is -2.41. The third kappa shape index (κ3) is 2.27. The summed E-state index contributed by atoms with van der Waals surface area (Å²) in [7, 11) is 0. The number of aliphatic hydroxyl groups excluding tert-OH is 1. The van der Waals surface area contributed by atoms with Crippen molar-refractivity contribution in [3.8, 4) is 0 Å². The van der Waals surface area contributed by atoms with Gasteiger partial charge in [-0.1, -0.05) is 12.8 Å². The fourth-order valence-corrected chi connectivity index (χ4v) is 2.86. The Kier molecular flexibility index (Phi) is 3.42. The normalized spacial score (nSPS) is 41.1. The molecule has 0 radical (unpaired) electrons. The maximum Gasteiger partial charge on any atom is 0.0695 e. The van der Waals surface area contributed by atoms with Crippen molar-refractivity contribution in [1.82, 2.24) is 4.90 Å². The lowest BCUT2D eigenvalue weighted by Crippen LogP contribution is -2.52. The molecule has 82 valence electrons. The zero-order valence-corrected chi connectivity index (χ0v) is 8.86. The van der Waals surface area contributed by atoms with Gasteiger partial charge >= 0.3 is 0 Å². The molecule has 3 heteroatoms. The predicted molar refractivity (Wildman–Crippen MR) is 57.0 cm³/mol. The minimum atomic E-state index is -0.103. The van der Waals surface area contributed by atoms with Gasteiger partial charge in [-0.25, -0.2) is 0 Å². The maximum absolute atomic E-state index is 9.92. The van der Waals surface area contributed by atoms with Gasteiger partial charge < -0.3 is 10.8 Å². The van der Waals surface area contributed by atoms with Crippen molar-refractivity contribution in [3.63, 3.8) is 0 Å². The number of hydrogen-bond donors (Lipinski definition) is 2. The zero-order valence-electron chi connectivity index (χ0n) is 8.86. The SMILES string of the molecule is NC1CCCN(C2CCCCC2O)C1. The Bertz CT molecular complexity index is 186. The van der Waals surface area contributed by atoms with Crippen molar-refractivity contribution in [2.45, 2.75) is 56.7 Å². The predicted octanol–water partition coefficient (Wildman–Crippen LogP) is 0.713. The summed E-state index contributed by atoms with van der Waals surface area (Å²) in [5, 5.41) is 9.92. The van der Waals surface area contributed by atoms with Crippen molar-refractivity contribution < 1.29 is 5.11 Å². The van der Waals surface area contributed by atoms with Crippen molar-refractivity contribution in [3.05, 3.63) is 0 Å². The van der Waals surface area contributed by atoms with Crippen LogP contribution in [0.15, 0.2) is 0 Å². The monoisotopic (exact) mass is 198 g/mol. The second-order valence-electron chi connectivity index (χ2n) is 4.82. The van der Waals surface area contributed by atoms with Crippen LogP contribution in [0.4, 0.5) is 0 Å². The van der Waals surface area contributed by atoms with E-state index < -0.39 is 0 Å². The fraction of sp³-hybridized carbons (Fsp3) is 1.00. The fourth-order valence-electron chi connectivity index (χ4n) is 2.86. The topological polar surface area (TPSA) is 49.5 Å². The molecule has 2 fully saturated rings. The maximum atomic E-state index is 9.92. The first-order valence-electron chi connectivity index (χ1n) is 5.95. The largest absolute Gasteiger partial charge is 0.391 e. The smallest absolute Gasteiger partial charge is 0.0695 e. The average molecular weight is 198 g/mol. The first kappa shape index (κ1) is 10.4. The first-order valence-corrected chi connectivity index (χ1v) is 5.95. The Morgan fingerprint density at radius 3 is 2.57 bits per heavy atom. The lowest BCUT2D eigenvalue weighted by molar-refractivity contribution is 0.00791. The molecule has 0 amide bonds. The highest BCUT2D eigenvalue weighted by Crippen LogP contribution is 2.25. The van der Waals surface area contributed by atoms with Crippen LogP contribution in [-0.4, -0.2) is 41.3 Å². The van der Waals surface area contributed by atoms with E-state index in [4.69, 9.17) is 5.73 Å². The molecule has 1 aliphatic heterocycles. The van der Waals surface area contributed by atoms with Crippen LogP contribution in [0.2, 0.25) is 0 Å². The highest BCUT2D eigenvalue weighted by atomic mass is 16.3. The van der Waals surface area contributed by atoms with Crippen molar-refractivity contribution >= 4 is 0 Å². The standard InChI is InChI=1S/C11H22N2O/c12-9-4-3-7-13(8-9)10-5-1-2-6-11(10)14/h9-11,14H,1-8,12H2. The first-order chi connectivity index (χ1) is 6.77. The van der Waals surface area contributed by atoms with Crippen LogP contribution in [0.5, 0.6) is 0 Å². The summed E-state index contributed by atoms with van der Waals surface area (Å²) in [5.74, 6) is 0. The zero-order chi connectivity index (χ0) is 9.97. The Morgan fingerprint density at radius 1 is 1.07 bits per heavy atom. The van der Waals surface area contributed by atoms with Gasteiger partial charge in [0.2, 0.25) is 0 Å². The summed E-state index contributed by atoms with van der Waals surface area (Å²) < 4.78 is 0. The van der Waals surface area contributed by atoms with Crippen LogP contribution in [0.1, 0.15) is 38.5 Å². The van der Waals surface area contributed by atoms with Crippen LogP contribution >= 0.6 is 0 Å². The van der Waals surface area contributed by atoms with Gasteiger partial charge in [0.1, 0.15) is 0 Å². The van der Waals surface area contributed by atoms with Crippen LogP contribution in [0.3, 0.4) is 0 Å². The van der Waals surface area contributed by atoms with Gasteiger partial charge in [-0.2, -0.15) is 0 Å². The van der Waals surface area contributed by atoms with Gasteiger partial charge in [0.05, 0.1) is 6.10 Å².